The molecule has 0 spiro atoms. The summed E-state index contributed by atoms with van der Waals surface area (Å²) in [6.45, 7) is 5.15. The maximum Gasteiger partial charge on any atom is 0.534 e. The van der Waals surface area contributed by atoms with Crippen LogP contribution in [0.25, 0.3) is 16.8 Å². The first kappa shape index (κ1) is 24.4. The number of aromatic nitrogens is 3. The number of rotatable bonds is 6. The number of hydrogen-bond donors (Lipinski definition) is 1. The molecule has 8 nitrogen and oxygen atoms in total. The van der Waals surface area contributed by atoms with Crippen LogP contribution >= 0.6 is 0 Å². The second-order valence-electron chi connectivity index (χ2n) is 7.00. The Bertz CT molecular complexity index is 1340. The summed E-state index contributed by atoms with van der Waals surface area (Å²) in [7, 11) is -6.15. The number of nitrogens with one attached hydrogen (secondary N) is 1. The minimum Gasteiger partial charge on any atom is -0.478 e. The van der Waals surface area contributed by atoms with Gasteiger partial charge in [0, 0.05) is 6.20 Å². The van der Waals surface area contributed by atoms with Crippen LogP contribution in [0, 0.1) is 17.0 Å². The molecule has 0 aliphatic carbocycles. The molecule has 3 rings (SSSR count). The van der Waals surface area contributed by atoms with Crippen molar-refractivity contribution in [2.45, 2.75) is 32.2 Å². The summed E-state index contributed by atoms with van der Waals surface area (Å²) < 4.78 is 100. The van der Waals surface area contributed by atoms with Gasteiger partial charge in [-0.05, 0) is 30.5 Å². The maximum atomic E-state index is 13.9. The molecule has 14 heteroatoms. The van der Waals surface area contributed by atoms with Crippen molar-refractivity contribution in [3.8, 4) is 17.0 Å². The highest BCUT2D eigenvalue weighted by atomic mass is 32.2. The lowest BCUT2D eigenvalue weighted by Gasteiger charge is -2.14. The third-order valence-electron chi connectivity index (χ3n) is 4.41. The SMILES string of the molecule is CCOC(=N)c1cnc2c(-c3ccc(F)c(F)c3)c(OS(=O)(=O)C(F)(F)F)nn2c1C(C)C. The highest BCUT2D eigenvalue weighted by molar-refractivity contribution is 7.88. The van der Waals surface area contributed by atoms with Gasteiger partial charge >= 0.3 is 15.6 Å². The Morgan fingerprint density at radius 1 is 1.21 bits per heavy atom. The Labute approximate surface area is 184 Å². The van der Waals surface area contributed by atoms with E-state index >= 15 is 0 Å². The summed E-state index contributed by atoms with van der Waals surface area (Å²) in [5.74, 6) is -4.33. The molecule has 3 aromatic rings. The van der Waals surface area contributed by atoms with Gasteiger partial charge in [-0.25, -0.2) is 18.3 Å². The van der Waals surface area contributed by atoms with Gasteiger partial charge in [-0.1, -0.05) is 19.9 Å². The molecule has 0 unspecified atom stereocenters. The lowest BCUT2D eigenvalue weighted by Crippen LogP contribution is -2.28. The average molecular weight is 492 g/mol. The van der Waals surface area contributed by atoms with E-state index in [1.54, 1.807) is 20.8 Å². The molecule has 0 aliphatic heterocycles. The lowest BCUT2D eigenvalue weighted by molar-refractivity contribution is -0.0501. The maximum absolute atomic E-state index is 13.9. The second-order valence-corrected chi connectivity index (χ2v) is 8.54. The molecule has 0 bridgehead atoms. The summed E-state index contributed by atoms with van der Waals surface area (Å²) in [4.78, 5) is 4.08. The van der Waals surface area contributed by atoms with Crippen molar-refractivity contribution in [2.75, 3.05) is 6.61 Å². The van der Waals surface area contributed by atoms with Crippen LogP contribution in [0.15, 0.2) is 24.4 Å². The molecule has 2 aromatic heterocycles. The fourth-order valence-corrected chi connectivity index (χ4v) is 3.47. The highest BCUT2D eigenvalue weighted by Gasteiger charge is 2.49. The predicted molar refractivity (Wildman–Crippen MR) is 106 cm³/mol. The molecule has 0 saturated heterocycles. The molecule has 1 N–H and O–H groups in total. The number of alkyl halides is 3. The molecular formula is C19H17F5N4O4S. The van der Waals surface area contributed by atoms with Crippen LogP contribution in [0.5, 0.6) is 5.88 Å². The van der Waals surface area contributed by atoms with Gasteiger partial charge in [-0.15, -0.1) is 5.10 Å². The van der Waals surface area contributed by atoms with Gasteiger partial charge in [-0.3, -0.25) is 5.41 Å². The van der Waals surface area contributed by atoms with E-state index in [0.29, 0.717) is 12.1 Å². The van der Waals surface area contributed by atoms with Crippen LogP contribution in [-0.2, 0) is 14.9 Å². The Morgan fingerprint density at radius 3 is 2.42 bits per heavy atom. The molecule has 2 heterocycles. The van der Waals surface area contributed by atoms with Crippen LogP contribution < -0.4 is 4.18 Å². The highest BCUT2D eigenvalue weighted by Crippen LogP contribution is 2.38. The van der Waals surface area contributed by atoms with Crippen molar-refractivity contribution in [3.05, 3.63) is 47.3 Å². The normalized spacial score (nSPS) is 12.4. The van der Waals surface area contributed by atoms with E-state index < -0.39 is 44.6 Å². The van der Waals surface area contributed by atoms with Crippen LogP contribution in [0.1, 0.15) is 37.9 Å². The van der Waals surface area contributed by atoms with Crippen LogP contribution in [0.4, 0.5) is 22.0 Å². The van der Waals surface area contributed by atoms with E-state index in [9.17, 15) is 30.4 Å². The Hall–Kier alpha value is -3.29. The molecule has 1 aromatic carbocycles. The van der Waals surface area contributed by atoms with Crippen molar-refractivity contribution in [3.63, 3.8) is 0 Å². The van der Waals surface area contributed by atoms with Gasteiger partial charge in [0.2, 0.25) is 5.90 Å². The van der Waals surface area contributed by atoms with Gasteiger partial charge < -0.3 is 8.92 Å². The summed E-state index contributed by atoms with van der Waals surface area (Å²) >= 11 is 0. The van der Waals surface area contributed by atoms with Crippen LogP contribution in [0.3, 0.4) is 0 Å². The minimum absolute atomic E-state index is 0.143. The quantitative estimate of drug-likeness (QED) is 0.180. The molecule has 0 fully saturated rings. The molecule has 0 saturated carbocycles. The number of ether oxygens (including phenoxy) is 1. The molecular weight excluding hydrogens is 475 g/mol. The summed E-state index contributed by atoms with van der Waals surface area (Å²) in [6.07, 6.45) is 1.19. The molecule has 0 radical (unpaired) electrons. The monoisotopic (exact) mass is 492 g/mol. The van der Waals surface area contributed by atoms with Crippen molar-refractivity contribution in [1.82, 2.24) is 14.6 Å². The van der Waals surface area contributed by atoms with Crippen LogP contribution in [0.2, 0.25) is 0 Å². The summed E-state index contributed by atoms with van der Waals surface area (Å²) in [5.41, 5.74) is -6.25. The van der Waals surface area contributed by atoms with Gasteiger partial charge in [0.15, 0.2) is 17.3 Å². The predicted octanol–water partition coefficient (Wildman–Crippen LogP) is 4.39. The Kier molecular flexibility index (Phi) is 6.33. The standard InChI is InChI=1S/C19H17F5N4O4S/c1-4-31-16(25)11-8-26-17-14(10-5-6-12(20)13(21)7-10)18(27-28(17)15(11)9(2)3)32-33(29,30)19(22,23)24/h5-9,25H,4H2,1-3H3. The average Bonchev–Trinajstić information content (AvgIpc) is 3.05. The molecule has 0 aliphatic rings. The first-order valence-electron chi connectivity index (χ1n) is 9.38. The Morgan fingerprint density at radius 2 is 1.88 bits per heavy atom. The van der Waals surface area contributed by atoms with E-state index in [4.69, 9.17) is 10.1 Å². The van der Waals surface area contributed by atoms with Crippen molar-refractivity contribution < 1.29 is 39.3 Å². The number of hydrogen-bond acceptors (Lipinski definition) is 7. The van der Waals surface area contributed by atoms with Gasteiger partial charge in [0.1, 0.15) is 0 Å². The summed E-state index contributed by atoms with van der Waals surface area (Å²) in [5, 5.41) is 11.9. The number of fused-ring (bicyclic) bond motifs is 1. The fourth-order valence-electron chi connectivity index (χ4n) is 3.05. The zero-order valence-electron chi connectivity index (χ0n) is 17.4. The van der Waals surface area contributed by atoms with Crippen LogP contribution in [-0.4, -0.2) is 41.0 Å². The Balaban J connectivity index is 2.39. The minimum atomic E-state index is -6.15. The van der Waals surface area contributed by atoms with Crippen molar-refractivity contribution in [2.24, 2.45) is 0 Å². The zero-order valence-corrected chi connectivity index (χ0v) is 18.2. The second kappa shape index (κ2) is 8.57. The third kappa shape index (κ3) is 4.47. The zero-order chi connectivity index (χ0) is 24.7. The first-order chi connectivity index (χ1) is 15.3. The lowest BCUT2D eigenvalue weighted by atomic mass is 10.0. The largest absolute Gasteiger partial charge is 0.534 e. The topological polar surface area (TPSA) is 107 Å². The fraction of sp³-hybridized carbons (Fsp3) is 0.316. The third-order valence-corrected chi connectivity index (χ3v) is 5.35. The van der Waals surface area contributed by atoms with E-state index in [1.165, 1.54) is 6.20 Å². The smallest absolute Gasteiger partial charge is 0.478 e. The number of halogens is 5. The van der Waals surface area contributed by atoms with E-state index in [-0.39, 0.29) is 35.0 Å². The molecule has 33 heavy (non-hydrogen) atoms. The van der Waals surface area contributed by atoms with Gasteiger partial charge in [-0.2, -0.15) is 21.6 Å². The number of nitrogens with zero attached hydrogens (tertiary/aromatic N) is 3. The van der Waals surface area contributed by atoms with Gasteiger partial charge in [0.25, 0.3) is 5.88 Å². The van der Waals surface area contributed by atoms with Gasteiger partial charge in [0.05, 0.1) is 23.4 Å². The number of benzene rings is 1. The van der Waals surface area contributed by atoms with E-state index in [1.807, 2.05) is 0 Å². The van der Waals surface area contributed by atoms with E-state index in [2.05, 4.69) is 14.3 Å². The van der Waals surface area contributed by atoms with Crippen molar-refractivity contribution >= 4 is 21.7 Å². The summed E-state index contributed by atoms with van der Waals surface area (Å²) in [6, 6.07) is 2.36. The molecule has 178 valence electrons. The molecule has 0 amide bonds. The van der Waals surface area contributed by atoms with Crippen molar-refractivity contribution in [1.29, 1.82) is 5.41 Å². The first-order valence-corrected chi connectivity index (χ1v) is 10.8. The van der Waals surface area contributed by atoms with E-state index in [0.717, 1.165) is 10.6 Å². The molecule has 0 atom stereocenters.